The van der Waals surface area contributed by atoms with Crippen LogP contribution in [0.25, 0.3) is 0 Å². The molecule has 0 aliphatic heterocycles. The highest BCUT2D eigenvalue weighted by molar-refractivity contribution is 5.67. The molecule has 0 heterocycles. The van der Waals surface area contributed by atoms with Gasteiger partial charge in [0.05, 0.1) is 45.3 Å². The van der Waals surface area contributed by atoms with E-state index in [9.17, 15) is 4.79 Å². The molecule has 0 aromatic heterocycles. The fraction of sp³-hybridized carbons (Fsp3) is 0.516. The first-order valence-corrected chi connectivity index (χ1v) is 14.0. The molecule has 2 aromatic rings. The first-order valence-electron chi connectivity index (χ1n) is 14.0. The summed E-state index contributed by atoms with van der Waals surface area (Å²) < 4.78 is 22.3. The normalized spacial score (nSPS) is 10.9. The van der Waals surface area contributed by atoms with Crippen LogP contribution >= 0.6 is 0 Å². The van der Waals surface area contributed by atoms with Crippen molar-refractivity contribution in [3.8, 4) is 17.6 Å². The number of nitrogens with zero attached hydrogens (tertiary/aromatic N) is 2. The minimum absolute atomic E-state index is 0. The highest BCUT2D eigenvalue weighted by Crippen LogP contribution is 2.30. The quantitative estimate of drug-likeness (QED) is 0.128. The van der Waals surface area contributed by atoms with Crippen molar-refractivity contribution < 1.29 is 26.6 Å². The maximum absolute atomic E-state index is 11.7. The Hall–Kier alpha value is -3.45. The topological polar surface area (TPSA) is 103 Å². The zero-order valence-corrected chi connectivity index (χ0v) is 24.3. The molecule has 0 fully saturated rings. The summed E-state index contributed by atoms with van der Waals surface area (Å²) in [6.07, 6.45) is 1.79. The number of hydrogen-bond acceptors (Lipinski definition) is 8. The van der Waals surface area contributed by atoms with Gasteiger partial charge in [-0.05, 0) is 41.8 Å². The Balaban J connectivity index is 0.00000840. The molecule has 2 aromatic carbocycles. The number of carbonyl (C=O) groups excluding carboxylic acids is 1. The highest BCUT2D eigenvalue weighted by atomic mass is 16.6. The molecule has 0 aliphatic rings. The monoisotopic (exact) mass is 556 g/mol. The summed E-state index contributed by atoms with van der Waals surface area (Å²) >= 11 is 0. The van der Waals surface area contributed by atoms with E-state index >= 15 is 0 Å². The minimum Gasteiger partial charge on any atom is -0.489 e. The van der Waals surface area contributed by atoms with Crippen LogP contribution in [0.2, 0.25) is 0 Å². The maximum Gasteiger partial charge on any atom is 0.407 e. The van der Waals surface area contributed by atoms with Crippen molar-refractivity contribution in [1.29, 1.82) is 0 Å². The van der Waals surface area contributed by atoms with E-state index in [-0.39, 0.29) is 9.46 Å². The van der Waals surface area contributed by atoms with Crippen molar-refractivity contribution in [3.05, 3.63) is 53.6 Å². The van der Waals surface area contributed by atoms with Crippen LogP contribution < -0.4 is 15.4 Å². The number of azo groups is 1. The molecule has 0 unspecified atom stereocenters. The second-order valence-electron chi connectivity index (χ2n) is 9.15. The van der Waals surface area contributed by atoms with E-state index in [0.29, 0.717) is 63.5 Å². The second-order valence-corrected chi connectivity index (χ2v) is 9.15. The fourth-order valence-corrected chi connectivity index (χ4v) is 3.39. The van der Waals surface area contributed by atoms with E-state index < -0.39 is 6.09 Å². The van der Waals surface area contributed by atoms with Gasteiger partial charge in [0.15, 0.2) is 0 Å². The van der Waals surface area contributed by atoms with Gasteiger partial charge < -0.3 is 29.6 Å². The van der Waals surface area contributed by atoms with Gasteiger partial charge in [0, 0.05) is 28.3 Å². The van der Waals surface area contributed by atoms with Gasteiger partial charge in [-0.3, -0.25) is 0 Å². The number of rotatable bonds is 18. The molecule has 0 atom stereocenters. The molecule has 2 rings (SSSR count). The van der Waals surface area contributed by atoms with Crippen LogP contribution in [-0.2, 0) is 27.1 Å². The van der Waals surface area contributed by atoms with Gasteiger partial charge in [-0.15, -0.1) is 11.0 Å². The zero-order valence-electron chi connectivity index (χ0n) is 24.3. The molecule has 1 amide bonds. The third kappa shape index (κ3) is 14.6. The third-order valence-corrected chi connectivity index (χ3v) is 5.54. The number of hydrogen-bond donors (Lipinski definition) is 2. The van der Waals surface area contributed by atoms with E-state index in [4.69, 9.17) is 18.9 Å². The summed E-state index contributed by atoms with van der Waals surface area (Å²) in [5, 5.41) is 14.8. The Morgan fingerprint density at radius 3 is 2.35 bits per heavy atom. The first-order chi connectivity index (χ1) is 19.5. The lowest BCUT2D eigenvalue weighted by Gasteiger charge is -2.11. The lowest BCUT2D eigenvalue weighted by molar-refractivity contribution is 0.0370. The van der Waals surface area contributed by atoms with Gasteiger partial charge in [0.25, 0.3) is 0 Å². The Morgan fingerprint density at radius 1 is 0.900 bits per heavy atom. The first kappa shape index (κ1) is 32.8. The number of ether oxygens (including phenoxy) is 4. The van der Waals surface area contributed by atoms with Crippen molar-refractivity contribution >= 4 is 17.5 Å². The van der Waals surface area contributed by atoms with E-state index in [1.807, 2.05) is 49.4 Å². The van der Waals surface area contributed by atoms with Crippen molar-refractivity contribution in [3.63, 3.8) is 0 Å². The number of benzene rings is 2. The molecule has 0 aliphatic carbocycles. The van der Waals surface area contributed by atoms with E-state index in [0.717, 1.165) is 36.2 Å². The number of carbonyl (C=O) groups is 1. The van der Waals surface area contributed by atoms with Gasteiger partial charge in [0.2, 0.25) is 0 Å². The Morgan fingerprint density at radius 2 is 1.62 bits per heavy atom. The average Bonchev–Trinajstić information content (AvgIpc) is 2.96. The Bertz CT molecular complexity index is 1090. The summed E-state index contributed by atoms with van der Waals surface area (Å²) in [6.45, 7) is 12.3. The highest BCUT2D eigenvalue weighted by Gasteiger charge is 2.06. The van der Waals surface area contributed by atoms with E-state index in [2.05, 4.69) is 53.5 Å². The summed E-state index contributed by atoms with van der Waals surface area (Å²) in [7, 11) is 0. The van der Waals surface area contributed by atoms with Gasteiger partial charge in [-0.1, -0.05) is 51.8 Å². The van der Waals surface area contributed by atoms with Crippen LogP contribution in [0, 0.1) is 11.8 Å². The van der Waals surface area contributed by atoms with Gasteiger partial charge >= 0.3 is 6.09 Å². The maximum atomic E-state index is 11.7. The number of nitrogens with one attached hydrogen (secondary N) is 2. The molecule has 9 nitrogen and oxygen atoms in total. The van der Waals surface area contributed by atoms with Crippen LogP contribution in [0.5, 0.6) is 5.75 Å². The number of amides is 1. The summed E-state index contributed by atoms with van der Waals surface area (Å²) in [4.78, 5) is 11.7. The smallest absolute Gasteiger partial charge is 0.407 e. The van der Waals surface area contributed by atoms with Crippen molar-refractivity contribution in [2.75, 3.05) is 52.7 Å². The van der Waals surface area contributed by atoms with Crippen molar-refractivity contribution in [2.24, 2.45) is 10.2 Å². The molecular weight excluding hydrogens is 508 g/mol. The predicted molar refractivity (Wildman–Crippen MR) is 162 cm³/mol. The number of aryl methyl sites for hydroxylation is 1. The number of alkyl carbamates (subject to hydrolysis) is 1. The zero-order chi connectivity index (χ0) is 28.8. The molecule has 2 N–H and O–H groups in total. The molecule has 0 saturated heterocycles. The van der Waals surface area contributed by atoms with E-state index in [1.165, 1.54) is 0 Å². The summed E-state index contributed by atoms with van der Waals surface area (Å²) in [6, 6.07) is 14.1. The molecular formula is C31H48N4O5. The molecule has 0 radical (unpaired) electrons. The SMILES string of the molecule is CCC#CCNC(=O)OCCc1ccc(N=Nc2cc(CC)ccc2OCCOCCOCCNC(C)C)cc1.[HH].[HH]. The molecule has 40 heavy (non-hydrogen) atoms. The minimum atomic E-state index is -0.464. The van der Waals surface area contributed by atoms with Crippen molar-refractivity contribution in [1.82, 2.24) is 10.6 Å². The Labute approximate surface area is 242 Å². The lowest BCUT2D eigenvalue weighted by atomic mass is 10.1. The molecule has 9 heteroatoms. The van der Waals surface area contributed by atoms with Crippen LogP contribution in [0.4, 0.5) is 16.2 Å². The molecule has 0 spiro atoms. The summed E-state index contributed by atoms with van der Waals surface area (Å²) in [5.41, 5.74) is 3.58. The Kier molecular flexibility index (Phi) is 16.8. The van der Waals surface area contributed by atoms with Crippen LogP contribution in [0.1, 0.15) is 48.1 Å². The average molecular weight is 557 g/mol. The standard InChI is InChI=1S/C31H44N4O5.2H2/c1-5-7-8-16-33-31(36)40-18-15-27-9-12-28(13-10-27)34-35-29-24-26(6-2)11-14-30(29)39-23-22-38-21-20-37-19-17-32-25(3)4;;/h9-14,24-25,32H,5-6,15-23H2,1-4H3,(H,33,36);2*1H. The van der Waals surface area contributed by atoms with Gasteiger partial charge in [-0.25, -0.2) is 4.79 Å². The van der Waals surface area contributed by atoms with Crippen LogP contribution in [0.3, 0.4) is 0 Å². The van der Waals surface area contributed by atoms with Crippen LogP contribution in [0.15, 0.2) is 52.7 Å². The van der Waals surface area contributed by atoms with Crippen LogP contribution in [-0.4, -0.2) is 64.9 Å². The predicted octanol–water partition coefficient (Wildman–Crippen LogP) is 6.25. The molecule has 222 valence electrons. The third-order valence-electron chi connectivity index (χ3n) is 5.54. The van der Waals surface area contributed by atoms with Crippen molar-refractivity contribution in [2.45, 2.75) is 53.0 Å². The van der Waals surface area contributed by atoms with Gasteiger partial charge in [-0.2, -0.15) is 5.11 Å². The summed E-state index contributed by atoms with van der Waals surface area (Å²) in [5.74, 6) is 6.39. The lowest BCUT2D eigenvalue weighted by Crippen LogP contribution is -2.27. The fourth-order valence-electron chi connectivity index (χ4n) is 3.39. The molecule has 0 saturated carbocycles. The van der Waals surface area contributed by atoms with E-state index in [1.54, 1.807) is 0 Å². The second kappa shape index (κ2) is 20.5. The molecule has 0 bridgehead atoms. The largest absolute Gasteiger partial charge is 0.489 e. The van der Waals surface area contributed by atoms with Gasteiger partial charge in [0.1, 0.15) is 18.0 Å².